The van der Waals surface area contributed by atoms with Gasteiger partial charge in [-0.1, -0.05) is 6.42 Å². The molecule has 1 heterocycles. The first kappa shape index (κ1) is 14.7. The maximum atomic E-state index is 11.1. The molecular weight excluding hydrogens is 254 g/mol. The van der Waals surface area contributed by atoms with E-state index in [1.807, 2.05) is 18.2 Å². The molecule has 0 aromatic heterocycles. The van der Waals surface area contributed by atoms with Gasteiger partial charge in [-0.2, -0.15) is 0 Å². The van der Waals surface area contributed by atoms with Crippen molar-refractivity contribution in [1.82, 2.24) is 5.32 Å². The summed E-state index contributed by atoms with van der Waals surface area (Å²) in [5, 5.41) is 9.69. The Labute approximate surface area is 120 Å². The zero-order valence-corrected chi connectivity index (χ0v) is 12.2. The molecule has 5 heteroatoms. The van der Waals surface area contributed by atoms with E-state index in [1.54, 1.807) is 7.11 Å². The van der Waals surface area contributed by atoms with Crippen LogP contribution in [0.2, 0.25) is 0 Å². The molecule has 1 amide bonds. The summed E-state index contributed by atoms with van der Waals surface area (Å²) < 4.78 is 5.35. The van der Waals surface area contributed by atoms with E-state index in [4.69, 9.17) is 4.74 Å². The van der Waals surface area contributed by atoms with Gasteiger partial charge < -0.3 is 20.7 Å². The van der Waals surface area contributed by atoms with Gasteiger partial charge in [0.15, 0.2) is 0 Å². The SMILES string of the molecule is COc1ccc(NC(C)=O)cc1NCC1CCCCN1. The molecule has 110 valence electrons. The Kier molecular flexibility index (Phi) is 5.24. The molecule has 2 rings (SSSR count). The highest BCUT2D eigenvalue weighted by Gasteiger charge is 2.13. The predicted molar refractivity (Wildman–Crippen MR) is 81.4 cm³/mol. The van der Waals surface area contributed by atoms with Crippen LogP contribution in [0.3, 0.4) is 0 Å². The minimum atomic E-state index is -0.0740. The van der Waals surface area contributed by atoms with Gasteiger partial charge in [0.1, 0.15) is 5.75 Å². The zero-order chi connectivity index (χ0) is 14.4. The van der Waals surface area contributed by atoms with Gasteiger partial charge in [-0.05, 0) is 37.6 Å². The van der Waals surface area contributed by atoms with Crippen molar-refractivity contribution < 1.29 is 9.53 Å². The average Bonchev–Trinajstić information content (AvgIpc) is 2.46. The molecule has 1 fully saturated rings. The quantitative estimate of drug-likeness (QED) is 0.772. The summed E-state index contributed by atoms with van der Waals surface area (Å²) in [5.41, 5.74) is 1.68. The summed E-state index contributed by atoms with van der Waals surface area (Å²) in [6.07, 6.45) is 3.74. The molecule has 1 saturated heterocycles. The average molecular weight is 277 g/mol. The monoisotopic (exact) mass is 277 g/mol. The summed E-state index contributed by atoms with van der Waals surface area (Å²) in [6, 6.07) is 6.10. The smallest absolute Gasteiger partial charge is 0.221 e. The first-order valence-electron chi connectivity index (χ1n) is 7.12. The highest BCUT2D eigenvalue weighted by atomic mass is 16.5. The van der Waals surface area contributed by atoms with E-state index >= 15 is 0 Å². The number of benzene rings is 1. The number of amides is 1. The Morgan fingerprint density at radius 1 is 1.45 bits per heavy atom. The second-order valence-electron chi connectivity index (χ2n) is 5.12. The van der Waals surface area contributed by atoms with Gasteiger partial charge in [-0.25, -0.2) is 0 Å². The molecular formula is C15H23N3O2. The molecule has 0 bridgehead atoms. The second-order valence-corrected chi connectivity index (χ2v) is 5.12. The molecule has 20 heavy (non-hydrogen) atoms. The number of rotatable bonds is 5. The van der Waals surface area contributed by atoms with Crippen molar-refractivity contribution >= 4 is 17.3 Å². The zero-order valence-electron chi connectivity index (χ0n) is 12.2. The van der Waals surface area contributed by atoms with Crippen molar-refractivity contribution in [3.8, 4) is 5.75 Å². The first-order chi connectivity index (χ1) is 9.69. The van der Waals surface area contributed by atoms with E-state index in [9.17, 15) is 4.79 Å². The number of hydrogen-bond donors (Lipinski definition) is 3. The van der Waals surface area contributed by atoms with Crippen molar-refractivity contribution in [3.63, 3.8) is 0 Å². The molecule has 0 radical (unpaired) electrons. The van der Waals surface area contributed by atoms with Crippen molar-refractivity contribution in [2.24, 2.45) is 0 Å². The fourth-order valence-corrected chi connectivity index (χ4v) is 2.46. The lowest BCUT2D eigenvalue weighted by molar-refractivity contribution is -0.114. The molecule has 5 nitrogen and oxygen atoms in total. The fraction of sp³-hybridized carbons (Fsp3) is 0.533. The van der Waals surface area contributed by atoms with Crippen LogP contribution in [0.25, 0.3) is 0 Å². The van der Waals surface area contributed by atoms with Gasteiger partial charge >= 0.3 is 0 Å². The summed E-state index contributed by atoms with van der Waals surface area (Å²) in [4.78, 5) is 11.1. The topological polar surface area (TPSA) is 62.4 Å². The first-order valence-corrected chi connectivity index (χ1v) is 7.12. The van der Waals surface area contributed by atoms with E-state index in [2.05, 4.69) is 16.0 Å². The summed E-state index contributed by atoms with van der Waals surface area (Å²) in [7, 11) is 1.65. The third kappa shape index (κ3) is 4.13. The van der Waals surface area contributed by atoms with E-state index in [-0.39, 0.29) is 5.91 Å². The van der Waals surface area contributed by atoms with E-state index in [0.717, 1.165) is 30.2 Å². The van der Waals surface area contributed by atoms with Crippen LogP contribution in [-0.4, -0.2) is 32.1 Å². The number of nitrogens with one attached hydrogen (secondary N) is 3. The minimum Gasteiger partial charge on any atom is -0.495 e. The van der Waals surface area contributed by atoms with Gasteiger partial charge in [-0.3, -0.25) is 4.79 Å². The summed E-state index contributed by atoms with van der Waals surface area (Å²) in [5.74, 6) is 0.713. The highest BCUT2D eigenvalue weighted by molar-refractivity contribution is 5.89. The van der Waals surface area contributed by atoms with Crippen LogP contribution in [0.4, 0.5) is 11.4 Å². The van der Waals surface area contributed by atoms with Crippen LogP contribution >= 0.6 is 0 Å². The van der Waals surface area contributed by atoms with Crippen molar-refractivity contribution in [3.05, 3.63) is 18.2 Å². The van der Waals surface area contributed by atoms with Gasteiger partial charge in [0.2, 0.25) is 5.91 Å². The van der Waals surface area contributed by atoms with E-state index in [0.29, 0.717) is 6.04 Å². The lowest BCUT2D eigenvalue weighted by atomic mass is 10.1. The number of piperidine rings is 1. The number of hydrogen-bond acceptors (Lipinski definition) is 4. The molecule has 0 saturated carbocycles. The Bertz CT molecular complexity index is 456. The number of methoxy groups -OCH3 is 1. The Morgan fingerprint density at radius 3 is 2.95 bits per heavy atom. The van der Waals surface area contributed by atoms with E-state index < -0.39 is 0 Å². The van der Waals surface area contributed by atoms with Gasteiger partial charge in [0.05, 0.1) is 12.8 Å². The van der Waals surface area contributed by atoms with E-state index in [1.165, 1.54) is 26.2 Å². The number of carbonyl (C=O) groups excluding carboxylic acids is 1. The summed E-state index contributed by atoms with van der Waals surface area (Å²) in [6.45, 7) is 3.46. The molecule has 1 unspecified atom stereocenters. The van der Waals surface area contributed by atoms with Crippen LogP contribution in [0, 0.1) is 0 Å². The molecule has 1 atom stereocenters. The molecule has 0 aliphatic carbocycles. The van der Waals surface area contributed by atoms with Crippen LogP contribution in [0.5, 0.6) is 5.75 Å². The Morgan fingerprint density at radius 2 is 2.30 bits per heavy atom. The Hall–Kier alpha value is -1.75. The third-order valence-corrected chi connectivity index (χ3v) is 3.47. The maximum Gasteiger partial charge on any atom is 0.221 e. The summed E-state index contributed by atoms with van der Waals surface area (Å²) >= 11 is 0. The standard InChI is InChI=1S/C15H23N3O2/c1-11(19)18-12-6-7-15(20-2)14(9-12)17-10-13-5-3-4-8-16-13/h6-7,9,13,16-17H,3-5,8,10H2,1-2H3,(H,18,19). The van der Waals surface area contributed by atoms with Crippen LogP contribution in [0.1, 0.15) is 26.2 Å². The molecule has 1 aromatic carbocycles. The molecule has 1 aliphatic heterocycles. The number of ether oxygens (including phenoxy) is 1. The lowest BCUT2D eigenvalue weighted by Crippen LogP contribution is -2.39. The van der Waals surface area contributed by atoms with Crippen LogP contribution < -0.4 is 20.7 Å². The molecule has 1 aromatic rings. The third-order valence-electron chi connectivity index (χ3n) is 3.47. The normalized spacial score (nSPS) is 18.4. The number of carbonyl (C=O) groups is 1. The second kappa shape index (κ2) is 7.14. The minimum absolute atomic E-state index is 0.0740. The van der Waals surface area contributed by atoms with Crippen LogP contribution in [0.15, 0.2) is 18.2 Å². The predicted octanol–water partition coefficient (Wildman–Crippen LogP) is 2.21. The van der Waals surface area contributed by atoms with Gasteiger partial charge in [-0.15, -0.1) is 0 Å². The Balaban J connectivity index is 2.01. The van der Waals surface area contributed by atoms with Crippen molar-refractivity contribution in [1.29, 1.82) is 0 Å². The van der Waals surface area contributed by atoms with Gasteiger partial charge in [0.25, 0.3) is 0 Å². The van der Waals surface area contributed by atoms with Crippen molar-refractivity contribution in [2.75, 3.05) is 30.8 Å². The number of anilines is 2. The van der Waals surface area contributed by atoms with Gasteiger partial charge in [0, 0.05) is 25.2 Å². The fourth-order valence-electron chi connectivity index (χ4n) is 2.46. The highest BCUT2D eigenvalue weighted by Crippen LogP contribution is 2.28. The molecule has 1 aliphatic rings. The van der Waals surface area contributed by atoms with Crippen LogP contribution in [-0.2, 0) is 4.79 Å². The largest absolute Gasteiger partial charge is 0.495 e. The van der Waals surface area contributed by atoms with Crippen molar-refractivity contribution in [2.45, 2.75) is 32.2 Å². The molecule has 0 spiro atoms. The lowest BCUT2D eigenvalue weighted by Gasteiger charge is -2.24. The maximum absolute atomic E-state index is 11.1. The molecule has 3 N–H and O–H groups in total.